The summed E-state index contributed by atoms with van der Waals surface area (Å²) in [5, 5.41) is 8.23. The molecule has 0 spiro atoms. The van der Waals surface area contributed by atoms with Crippen LogP contribution in [-0.2, 0) is 54.9 Å². The van der Waals surface area contributed by atoms with Gasteiger partial charge in [0.25, 0.3) is 0 Å². The molecule has 82 heavy (non-hydrogen) atoms. The molecule has 52 heteroatoms. The van der Waals surface area contributed by atoms with Gasteiger partial charge in [0, 0.05) is 11.2 Å². The highest BCUT2D eigenvalue weighted by Crippen LogP contribution is 2.58. The molecular formula is C30H61F24N5O18P5+. The van der Waals surface area contributed by atoms with Gasteiger partial charge < -0.3 is 26.5 Å². The summed E-state index contributed by atoms with van der Waals surface area (Å²) in [6, 6.07) is 0. The van der Waals surface area contributed by atoms with Crippen molar-refractivity contribution in [2.24, 2.45) is 45.2 Å². The average molecular weight is 1390 g/mol. The Hall–Kier alpha value is -1.51. The maximum absolute atomic E-state index is 12.5. The minimum atomic E-state index is -5.50. The lowest BCUT2D eigenvalue weighted by atomic mass is 9.84. The van der Waals surface area contributed by atoms with Gasteiger partial charge in [-0.05, 0) is 83.7 Å². The van der Waals surface area contributed by atoms with E-state index in [0.29, 0.717) is 0 Å². The molecule has 0 aromatic heterocycles. The van der Waals surface area contributed by atoms with Crippen molar-refractivity contribution in [3.05, 3.63) is 0 Å². The van der Waals surface area contributed by atoms with Crippen molar-refractivity contribution in [1.29, 1.82) is 0 Å². The van der Waals surface area contributed by atoms with Crippen LogP contribution in [0.3, 0.4) is 0 Å². The second-order valence-electron chi connectivity index (χ2n) is 15.3. The molecule has 506 valence electrons. The van der Waals surface area contributed by atoms with Crippen LogP contribution in [0.25, 0.3) is 0 Å². The van der Waals surface area contributed by atoms with E-state index in [1.54, 1.807) is 0 Å². The third-order valence-electron chi connectivity index (χ3n) is 9.69. The van der Waals surface area contributed by atoms with Crippen molar-refractivity contribution >= 4 is 38.9 Å². The van der Waals surface area contributed by atoms with E-state index < -0.39 is 188 Å². The zero-order chi connectivity index (χ0) is 64.1. The fourth-order valence-electron chi connectivity index (χ4n) is 4.13. The Kier molecular flexibility index (Phi) is 46.1. The summed E-state index contributed by atoms with van der Waals surface area (Å²) in [6.07, 6.45) is -51.3. The summed E-state index contributed by atoms with van der Waals surface area (Å²) in [5.41, 5.74) is -15.4. The molecule has 0 fully saturated rings. The largest absolute Gasteiger partial charge is 0.716 e. The fraction of sp³-hybridized carbons (Fsp3) is 1.00. The first-order chi connectivity index (χ1) is 34.1. The molecule has 0 aromatic rings. The summed E-state index contributed by atoms with van der Waals surface area (Å²) in [5.74, 6) is 17.7. The van der Waals surface area contributed by atoms with Crippen LogP contribution in [0.5, 0.6) is 0 Å². The molecule has 0 bridgehead atoms. The first-order valence-corrected chi connectivity index (χ1v) is 26.8. The Morgan fingerprint density at radius 3 is 0.854 bits per heavy atom. The predicted octanol–water partition coefficient (Wildman–Crippen LogP) is 11.9. The number of rotatable bonds is 23. The Labute approximate surface area is 450 Å². The van der Waals surface area contributed by atoms with Crippen LogP contribution >= 0.6 is 38.9 Å². The summed E-state index contributed by atoms with van der Waals surface area (Å²) in [7, 11) is -20.0. The van der Waals surface area contributed by atoms with Gasteiger partial charge in [-0.25, -0.2) is 36.0 Å². The SMILES string of the molecule is C.C.CC(CCCO)(C(F)(F)F)C(F)(F)F.CC(CCCOP(=O)(O)ON)(C(F)(F)F)C(F)(F)F.CC(CCCOP(=O)(ON)ON)(C(F)(F)F)C(F)(F)F.CC(CCCO[P+](=O)ON)(C(F)(F)F)C(F)(F)F.N.O.O=[P+]([O-])P(=O)(O)O. The van der Waals surface area contributed by atoms with Gasteiger partial charge in [0.15, 0.2) is 21.7 Å². The molecular weight excluding hydrogens is 1330 g/mol. The molecule has 0 aliphatic rings. The second-order valence-corrected chi connectivity index (χ2v) is 23.2. The predicted molar refractivity (Wildman–Crippen MR) is 231 cm³/mol. The number of phosphoric acid groups is 2. The van der Waals surface area contributed by atoms with E-state index in [-0.39, 0.29) is 54.2 Å². The van der Waals surface area contributed by atoms with Gasteiger partial charge in [0.05, 0.1) is 13.2 Å². The highest BCUT2D eigenvalue weighted by molar-refractivity contribution is 8.19. The van der Waals surface area contributed by atoms with Gasteiger partial charge in [-0.1, -0.05) is 19.4 Å². The molecule has 0 saturated heterocycles. The summed E-state index contributed by atoms with van der Waals surface area (Å²) in [6.45, 7) is -2.72. The molecule has 3 unspecified atom stereocenters. The molecule has 0 saturated carbocycles. The third-order valence-corrected chi connectivity index (χ3v) is 13.8. The van der Waals surface area contributed by atoms with Crippen LogP contribution in [0.4, 0.5) is 105 Å². The maximum atomic E-state index is 12.5. The van der Waals surface area contributed by atoms with Gasteiger partial charge in [-0.15, -0.1) is 4.52 Å². The molecule has 0 rings (SSSR count). The standard InChI is InChI=1S/C7H13F6N2O4P.C7H12F6NO4P.C7H11F6NO3P.C7H10F6O.2CH4.H3N.H2O5P2.H2O/c1-5(6(8,9)10,7(11,12)13)3-2-4-17-20(16,18-14)19-15;1-5(6(8,9)10,7(11,12)13)3-2-4-17-19(15,16)18-14;1-5(6(8,9)10,7(11,12)13)3-2-4-16-18(15)17-14;1-5(3-2-4-14,6(8,9)10)7(11,12)13;;;;1-6(2)7(3,4)5;/h2-4,14-15H2,1H3;2-4,14H2,1H3,(H,15,16);2-4,14H2,1H3;14H,2-4H2,1H3;2*1H4;1H3;(H2,3,4,5);1H2/q;;+1;;;;;;. The van der Waals surface area contributed by atoms with Crippen molar-refractivity contribution in [2.45, 2.75) is 143 Å². The molecule has 3 atom stereocenters. The minimum absolute atomic E-state index is 0. The van der Waals surface area contributed by atoms with E-state index >= 15 is 0 Å². The number of hydrogen-bond donors (Lipinski definition) is 9. The van der Waals surface area contributed by atoms with Crippen molar-refractivity contribution in [3.8, 4) is 0 Å². The second kappa shape index (κ2) is 38.0. The van der Waals surface area contributed by atoms with E-state index in [0.717, 1.165) is 0 Å². The van der Waals surface area contributed by atoms with Gasteiger partial charge in [-0.2, -0.15) is 121 Å². The Morgan fingerprint density at radius 1 is 0.451 bits per heavy atom. The topological polar surface area (TPSA) is 425 Å². The minimum Gasteiger partial charge on any atom is -0.588 e. The van der Waals surface area contributed by atoms with Gasteiger partial charge >= 0.3 is 88.3 Å². The smallest absolute Gasteiger partial charge is 0.588 e. The lowest BCUT2D eigenvalue weighted by Crippen LogP contribution is -2.47. The zero-order valence-electron chi connectivity index (χ0n) is 40.4. The Bertz CT molecular complexity index is 1860. The van der Waals surface area contributed by atoms with Crippen LogP contribution in [-0.4, -0.2) is 101 Å². The van der Waals surface area contributed by atoms with Crippen LogP contribution in [0.15, 0.2) is 0 Å². The van der Waals surface area contributed by atoms with E-state index in [9.17, 15) is 133 Å². The van der Waals surface area contributed by atoms with Crippen molar-refractivity contribution < 1.29 is 190 Å². The van der Waals surface area contributed by atoms with Crippen LogP contribution in [0.1, 0.15) is 93.9 Å². The van der Waals surface area contributed by atoms with E-state index in [1.807, 2.05) is 0 Å². The van der Waals surface area contributed by atoms with E-state index in [1.165, 1.54) is 0 Å². The molecule has 0 aliphatic heterocycles. The fourth-order valence-corrected chi connectivity index (χ4v) is 5.41. The monoisotopic (exact) mass is 1390 g/mol. The molecule has 0 amide bonds. The molecule has 23 nitrogen and oxygen atoms in total. The van der Waals surface area contributed by atoms with Crippen molar-refractivity contribution in [3.63, 3.8) is 0 Å². The van der Waals surface area contributed by atoms with Crippen molar-refractivity contribution in [1.82, 2.24) is 6.15 Å². The number of nitrogens with two attached hydrogens (primary N) is 4. The maximum Gasteiger partial charge on any atom is 0.716 e. The van der Waals surface area contributed by atoms with E-state index in [4.69, 9.17) is 19.8 Å². The summed E-state index contributed by atoms with van der Waals surface area (Å²) in [4.78, 5) is 33.1. The molecule has 0 radical (unpaired) electrons. The number of halogens is 24. The first kappa shape index (κ1) is 99.5. The number of alkyl halides is 24. The highest BCUT2D eigenvalue weighted by atomic mass is 32.1. The number of aliphatic hydroxyl groups excluding tert-OH is 1. The quantitative estimate of drug-likeness (QED) is 0.0198. The zero-order valence-corrected chi connectivity index (χ0v) is 44.9. The van der Waals surface area contributed by atoms with E-state index in [2.05, 4.69) is 55.7 Å². The molecule has 17 N–H and O–H groups in total. The molecule has 0 aliphatic carbocycles. The number of hydrogen-bond acceptors (Lipinski definition) is 19. The van der Waals surface area contributed by atoms with Gasteiger partial charge in [0.1, 0.15) is 6.61 Å². The molecule has 0 aromatic carbocycles. The number of phosphoric ester groups is 1. The normalized spacial score (nSPS) is 14.5. The Morgan fingerprint density at radius 2 is 0.671 bits per heavy atom. The van der Waals surface area contributed by atoms with Gasteiger partial charge in [-0.3, -0.25) is 18.8 Å². The lowest BCUT2D eigenvalue weighted by molar-refractivity contribution is -0.338. The summed E-state index contributed by atoms with van der Waals surface area (Å²) >= 11 is 0. The lowest BCUT2D eigenvalue weighted by Gasteiger charge is -2.33. The van der Waals surface area contributed by atoms with Crippen LogP contribution < -0.4 is 34.6 Å². The molecule has 0 heterocycles. The van der Waals surface area contributed by atoms with Crippen LogP contribution in [0, 0.1) is 21.7 Å². The highest BCUT2D eigenvalue weighted by Gasteiger charge is 2.69. The van der Waals surface area contributed by atoms with Crippen molar-refractivity contribution in [2.75, 3.05) is 26.4 Å². The van der Waals surface area contributed by atoms with Gasteiger partial charge in [0.2, 0.25) is 0 Å². The first-order valence-electron chi connectivity index (χ1n) is 19.2. The average Bonchev–Trinajstić information content (AvgIpc) is 3.24. The third kappa shape index (κ3) is 33.6. The van der Waals surface area contributed by atoms with Crippen LogP contribution in [0.2, 0.25) is 0 Å². The number of aliphatic hydroxyl groups is 1. The Balaban J connectivity index is -0.000000118. The summed E-state index contributed by atoms with van der Waals surface area (Å²) < 4.78 is 374.